The molecule has 0 saturated carbocycles. The van der Waals surface area contributed by atoms with Crippen LogP contribution in [0.4, 0.5) is 0 Å². The van der Waals surface area contributed by atoms with E-state index >= 15 is 0 Å². The quantitative estimate of drug-likeness (QED) is 0.900. The Balaban J connectivity index is 1.91. The van der Waals surface area contributed by atoms with E-state index in [0.717, 1.165) is 23.5 Å². The third-order valence-electron chi connectivity index (χ3n) is 2.49. The summed E-state index contributed by atoms with van der Waals surface area (Å²) in [5.74, 6) is 0.344. The lowest BCUT2D eigenvalue weighted by atomic mass is 10.2. The van der Waals surface area contributed by atoms with E-state index in [9.17, 15) is 4.79 Å². The lowest BCUT2D eigenvalue weighted by molar-refractivity contribution is 0.0949. The number of rotatable bonds is 5. The minimum Gasteiger partial charge on any atom is -0.361 e. The average molecular weight is 265 g/mol. The van der Waals surface area contributed by atoms with Gasteiger partial charge in [0.2, 0.25) is 0 Å². The molecule has 96 valence electrons. The molecule has 18 heavy (non-hydrogen) atoms. The van der Waals surface area contributed by atoms with Gasteiger partial charge in [-0.25, -0.2) is 4.98 Å². The van der Waals surface area contributed by atoms with Crippen molar-refractivity contribution in [2.75, 3.05) is 0 Å². The van der Waals surface area contributed by atoms with Crippen LogP contribution in [0.15, 0.2) is 16.1 Å². The summed E-state index contributed by atoms with van der Waals surface area (Å²) >= 11 is 1.63. The highest BCUT2D eigenvalue weighted by atomic mass is 32.1. The van der Waals surface area contributed by atoms with Gasteiger partial charge in [0, 0.05) is 5.38 Å². The van der Waals surface area contributed by atoms with Gasteiger partial charge in [0.1, 0.15) is 11.3 Å². The molecule has 2 aromatic heterocycles. The van der Waals surface area contributed by atoms with Crippen LogP contribution in [0.1, 0.15) is 40.2 Å². The first kappa shape index (κ1) is 12.8. The van der Waals surface area contributed by atoms with Crippen LogP contribution < -0.4 is 5.32 Å². The van der Waals surface area contributed by atoms with E-state index in [0.29, 0.717) is 17.9 Å². The summed E-state index contributed by atoms with van der Waals surface area (Å²) in [7, 11) is 0. The molecule has 2 rings (SSSR count). The van der Waals surface area contributed by atoms with Crippen molar-refractivity contribution in [1.29, 1.82) is 0 Å². The molecule has 0 bridgehead atoms. The highest BCUT2D eigenvalue weighted by molar-refractivity contribution is 7.09. The van der Waals surface area contributed by atoms with E-state index in [1.54, 1.807) is 18.3 Å². The van der Waals surface area contributed by atoms with Gasteiger partial charge in [0.25, 0.3) is 5.91 Å². The van der Waals surface area contributed by atoms with Gasteiger partial charge in [-0.2, -0.15) is 0 Å². The van der Waals surface area contributed by atoms with Crippen molar-refractivity contribution in [2.45, 2.75) is 33.2 Å². The van der Waals surface area contributed by atoms with Crippen LogP contribution in [0.3, 0.4) is 0 Å². The van der Waals surface area contributed by atoms with Gasteiger partial charge in [-0.3, -0.25) is 4.79 Å². The number of nitrogens with zero attached hydrogens (tertiary/aromatic N) is 2. The Labute approximate surface area is 109 Å². The number of hydrogen-bond acceptors (Lipinski definition) is 5. The fourth-order valence-corrected chi connectivity index (χ4v) is 2.44. The summed E-state index contributed by atoms with van der Waals surface area (Å²) in [5, 5.41) is 9.47. The minimum absolute atomic E-state index is 0.182. The number of amides is 1. The first-order chi connectivity index (χ1) is 8.70. The first-order valence-electron chi connectivity index (χ1n) is 5.83. The first-order valence-corrected chi connectivity index (χ1v) is 6.71. The maximum absolute atomic E-state index is 11.8. The molecule has 2 aromatic rings. The molecule has 0 atom stereocenters. The van der Waals surface area contributed by atoms with Crippen molar-refractivity contribution < 1.29 is 9.32 Å². The number of nitrogens with one attached hydrogen (secondary N) is 1. The fraction of sp³-hybridized carbons (Fsp3) is 0.417. The Morgan fingerprint density at radius 2 is 2.39 bits per heavy atom. The minimum atomic E-state index is -0.182. The molecule has 0 unspecified atom stereocenters. The number of hydrogen-bond donors (Lipinski definition) is 1. The number of aromatic nitrogens is 2. The second-order valence-corrected chi connectivity index (χ2v) is 4.90. The molecule has 0 fully saturated rings. The van der Waals surface area contributed by atoms with Crippen molar-refractivity contribution in [3.63, 3.8) is 0 Å². The maximum atomic E-state index is 11.8. The Kier molecular flexibility index (Phi) is 4.09. The summed E-state index contributed by atoms with van der Waals surface area (Å²) in [6.07, 6.45) is 3.50. The van der Waals surface area contributed by atoms with Crippen molar-refractivity contribution >= 4 is 17.2 Å². The second-order valence-electron chi connectivity index (χ2n) is 3.96. The monoisotopic (exact) mass is 265 g/mol. The summed E-state index contributed by atoms with van der Waals surface area (Å²) in [5.41, 5.74) is 1.37. The normalized spacial score (nSPS) is 10.6. The van der Waals surface area contributed by atoms with E-state index in [-0.39, 0.29) is 5.91 Å². The SMILES string of the molecule is CCCc1nc(CNC(=O)c2cnoc2C)cs1. The average Bonchev–Trinajstić information content (AvgIpc) is 2.96. The summed E-state index contributed by atoms with van der Waals surface area (Å²) < 4.78 is 4.85. The van der Waals surface area contributed by atoms with Gasteiger partial charge in [-0.05, 0) is 19.8 Å². The molecule has 0 spiro atoms. The molecule has 0 saturated heterocycles. The maximum Gasteiger partial charge on any atom is 0.256 e. The molecule has 0 aliphatic carbocycles. The Hall–Kier alpha value is -1.69. The molecule has 6 heteroatoms. The molecule has 1 amide bonds. The zero-order valence-corrected chi connectivity index (χ0v) is 11.2. The van der Waals surface area contributed by atoms with Crippen LogP contribution in [-0.2, 0) is 13.0 Å². The number of carbonyl (C=O) groups excluding carboxylic acids is 1. The molecule has 5 nitrogen and oxygen atoms in total. The van der Waals surface area contributed by atoms with Gasteiger partial charge < -0.3 is 9.84 Å². The molecule has 1 N–H and O–H groups in total. The van der Waals surface area contributed by atoms with E-state index in [1.807, 2.05) is 5.38 Å². The van der Waals surface area contributed by atoms with E-state index < -0.39 is 0 Å². The third-order valence-corrected chi connectivity index (χ3v) is 3.45. The summed E-state index contributed by atoms with van der Waals surface area (Å²) in [6, 6.07) is 0. The summed E-state index contributed by atoms with van der Waals surface area (Å²) in [4.78, 5) is 16.2. The highest BCUT2D eigenvalue weighted by Gasteiger charge is 2.12. The van der Waals surface area contributed by atoms with Crippen molar-refractivity contribution in [3.05, 3.63) is 33.6 Å². The fourth-order valence-electron chi connectivity index (χ4n) is 1.54. The number of thiazole rings is 1. The van der Waals surface area contributed by atoms with Crippen molar-refractivity contribution in [2.24, 2.45) is 0 Å². The van der Waals surface area contributed by atoms with Crippen LogP contribution in [0.2, 0.25) is 0 Å². The topological polar surface area (TPSA) is 68.0 Å². The predicted octanol–water partition coefficient (Wildman–Crippen LogP) is 2.32. The predicted molar refractivity (Wildman–Crippen MR) is 68.5 cm³/mol. The van der Waals surface area contributed by atoms with Gasteiger partial charge in [0.05, 0.1) is 23.4 Å². The van der Waals surface area contributed by atoms with Crippen LogP contribution in [0.25, 0.3) is 0 Å². The standard InChI is InChI=1S/C12H15N3O2S/c1-3-4-11-15-9(7-18-11)5-13-12(16)10-6-14-17-8(10)2/h6-7H,3-5H2,1-2H3,(H,13,16). The molecule has 0 aliphatic rings. The second kappa shape index (κ2) is 5.77. The van der Waals surface area contributed by atoms with Gasteiger partial charge >= 0.3 is 0 Å². The summed E-state index contributed by atoms with van der Waals surface area (Å²) in [6.45, 7) is 4.27. The lowest BCUT2D eigenvalue weighted by Crippen LogP contribution is -2.23. The molecule has 0 aliphatic heterocycles. The van der Waals surface area contributed by atoms with Crippen molar-refractivity contribution in [3.8, 4) is 0 Å². The third kappa shape index (κ3) is 2.95. The highest BCUT2D eigenvalue weighted by Crippen LogP contribution is 2.12. The molecule has 2 heterocycles. The van der Waals surface area contributed by atoms with Crippen LogP contribution >= 0.6 is 11.3 Å². The Bertz CT molecular complexity index is 533. The van der Waals surface area contributed by atoms with E-state index in [4.69, 9.17) is 4.52 Å². The zero-order valence-electron chi connectivity index (χ0n) is 10.4. The molecular weight excluding hydrogens is 250 g/mol. The lowest BCUT2D eigenvalue weighted by Gasteiger charge is -2.00. The molecule has 0 aromatic carbocycles. The number of carbonyl (C=O) groups is 1. The van der Waals surface area contributed by atoms with E-state index in [1.165, 1.54) is 6.20 Å². The van der Waals surface area contributed by atoms with Crippen LogP contribution in [0, 0.1) is 6.92 Å². The Morgan fingerprint density at radius 1 is 1.56 bits per heavy atom. The smallest absolute Gasteiger partial charge is 0.256 e. The Morgan fingerprint density at radius 3 is 3.06 bits per heavy atom. The van der Waals surface area contributed by atoms with E-state index in [2.05, 4.69) is 22.4 Å². The van der Waals surface area contributed by atoms with Crippen molar-refractivity contribution in [1.82, 2.24) is 15.5 Å². The molecule has 0 radical (unpaired) electrons. The van der Waals surface area contributed by atoms with Gasteiger partial charge in [0.15, 0.2) is 0 Å². The largest absolute Gasteiger partial charge is 0.361 e. The molecular formula is C12H15N3O2S. The van der Waals surface area contributed by atoms with Gasteiger partial charge in [-0.1, -0.05) is 12.1 Å². The van der Waals surface area contributed by atoms with Gasteiger partial charge in [-0.15, -0.1) is 11.3 Å². The van der Waals surface area contributed by atoms with Crippen LogP contribution in [0.5, 0.6) is 0 Å². The van der Waals surface area contributed by atoms with Crippen LogP contribution in [-0.4, -0.2) is 16.0 Å². The number of aryl methyl sites for hydroxylation is 2. The zero-order chi connectivity index (χ0) is 13.0.